The minimum absolute atomic E-state index is 1.01. The van der Waals surface area contributed by atoms with Crippen molar-refractivity contribution in [2.75, 3.05) is 5.33 Å². The number of fused-ring (bicyclic) bond motifs is 1. The quantitative estimate of drug-likeness (QED) is 0.736. The van der Waals surface area contributed by atoms with E-state index >= 15 is 0 Å². The monoisotopic (exact) mass is 238 g/mol. The van der Waals surface area contributed by atoms with E-state index in [2.05, 4.69) is 39.1 Å². The van der Waals surface area contributed by atoms with Crippen LogP contribution in [-0.4, -0.2) is 14.9 Å². The molecule has 0 spiro atoms. The number of aromatic nitrogens is 2. The summed E-state index contributed by atoms with van der Waals surface area (Å²) >= 11 is 3.43. The molecule has 0 aliphatic heterocycles. The molecular formula is C10H11BrN2. The van der Waals surface area contributed by atoms with E-state index in [4.69, 9.17) is 0 Å². The van der Waals surface area contributed by atoms with Gasteiger partial charge in [0.25, 0.3) is 0 Å². The Kier molecular flexibility index (Phi) is 2.36. The standard InChI is InChI=1S/C10H11BrN2/c1-13-7-12-9-6-8(4-5-11)2-3-10(9)13/h2-3,6-7H,4-5H2,1H3. The fourth-order valence-corrected chi connectivity index (χ4v) is 1.90. The highest BCUT2D eigenvalue weighted by molar-refractivity contribution is 9.09. The second-order valence-corrected chi connectivity index (χ2v) is 3.91. The molecule has 1 heterocycles. The van der Waals surface area contributed by atoms with Gasteiger partial charge in [0.1, 0.15) is 0 Å². The van der Waals surface area contributed by atoms with Gasteiger partial charge >= 0.3 is 0 Å². The van der Waals surface area contributed by atoms with Crippen LogP contribution in [0.2, 0.25) is 0 Å². The lowest BCUT2D eigenvalue weighted by Gasteiger charge is -1.98. The molecule has 0 atom stereocenters. The zero-order valence-electron chi connectivity index (χ0n) is 7.50. The number of hydrogen-bond acceptors (Lipinski definition) is 1. The maximum absolute atomic E-state index is 4.31. The Labute approximate surface area is 85.7 Å². The predicted octanol–water partition coefficient (Wildman–Crippen LogP) is 2.51. The summed E-state index contributed by atoms with van der Waals surface area (Å²) in [5.41, 5.74) is 3.61. The highest BCUT2D eigenvalue weighted by Crippen LogP contribution is 2.14. The van der Waals surface area contributed by atoms with Crippen LogP contribution in [0, 0.1) is 0 Å². The number of benzene rings is 1. The van der Waals surface area contributed by atoms with Crippen LogP contribution in [0.1, 0.15) is 5.56 Å². The summed E-state index contributed by atoms with van der Waals surface area (Å²) in [5.74, 6) is 0. The third kappa shape index (κ3) is 1.61. The van der Waals surface area contributed by atoms with Crippen LogP contribution in [0.5, 0.6) is 0 Å². The molecule has 3 heteroatoms. The topological polar surface area (TPSA) is 17.8 Å². The summed E-state index contributed by atoms with van der Waals surface area (Å²) in [6, 6.07) is 6.43. The van der Waals surface area contributed by atoms with Crippen LogP contribution in [0.15, 0.2) is 24.5 Å². The minimum Gasteiger partial charge on any atom is -0.334 e. The summed E-state index contributed by atoms with van der Waals surface area (Å²) in [4.78, 5) is 4.31. The van der Waals surface area contributed by atoms with E-state index in [1.165, 1.54) is 11.1 Å². The predicted molar refractivity (Wildman–Crippen MR) is 58.2 cm³/mol. The van der Waals surface area contributed by atoms with Crippen LogP contribution in [-0.2, 0) is 13.5 Å². The van der Waals surface area contributed by atoms with E-state index in [1.807, 2.05) is 17.9 Å². The molecule has 2 aromatic rings. The van der Waals surface area contributed by atoms with Crippen LogP contribution in [0.3, 0.4) is 0 Å². The summed E-state index contributed by atoms with van der Waals surface area (Å²) in [5, 5.41) is 1.01. The average Bonchev–Trinajstić information content (AvgIpc) is 2.48. The molecule has 2 nitrogen and oxygen atoms in total. The highest BCUT2D eigenvalue weighted by Gasteiger charge is 1.99. The first-order chi connectivity index (χ1) is 6.31. The Hall–Kier alpha value is -0.830. The Balaban J connectivity index is 2.50. The molecule has 13 heavy (non-hydrogen) atoms. The summed E-state index contributed by atoms with van der Waals surface area (Å²) in [6.07, 6.45) is 2.91. The van der Waals surface area contributed by atoms with Crippen LogP contribution < -0.4 is 0 Å². The van der Waals surface area contributed by atoms with Crippen molar-refractivity contribution in [2.45, 2.75) is 6.42 Å². The zero-order chi connectivity index (χ0) is 9.26. The van der Waals surface area contributed by atoms with Gasteiger partial charge in [0.2, 0.25) is 0 Å². The number of hydrogen-bond donors (Lipinski definition) is 0. The average molecular weight is 239 g/mol. The molecule has 0 N–H and O–H groups in total. The van der Waals surface area contributed by atoms with Crippen molar-refractivity contribution in [2.24, 2.45) is 7.05 Å². The Bertz CT molecular complexity index is 420. The first-order valence-corrected chi connectivity index (χ1v) is 5.39. The molecule has 0 saturated carbocycles. The first-order valence-electron chi connectivity index (χ1n) is 4.27. The third-order valence-electron chi connectivity index (χ3n) is 2.17. The molecule has 0 radical (unpaired) electrons. The lowest BCUT2D eigenvalue weighted by Crippen LogP contribution is -1.87. The van der Waals surface area contributed by atoms with Crippen LogP contribution >= 0.6 is 15.9 Å². The molecule has 0 amide bonds. The molecule has 0 bridgehead atoms. The maximum Gasteiger partial charge on any atom is 0.0955 e. The van der Waals surface area contributed by atoms with E-state index in [0.717, 1.165) is 17.3 Å². The van der Waals surface area contributed by atoms with Gasteiger partial charge < -0.3 is 4.57 Å². The normalized spacial score (nSPS) is 10.9. The number of alkyl halides is 1. The molecule has 1 aromatic heterocycles. The van der Waals surface area contributed by atoms with Gasteiger partial charge in [-0.2, -0.15) is 0 Å². The minimum atomic E-state index is 1.01. The molecule has 1 aromatic carbocycles. The van der Waals surface area contributed by atoms with E-state index in [0.29, 0.717) is 0 Å². The molecule has 0 unspecified atom stereocenters. The van der Waals surface area contributed by atoms with Gasteiger partial charge in [-0.05, 0) is 24.1 Å². The van der Waals surface area contributed by atoms with Gasteiger partial charge in [0.05, 0.1) is 17.4 Å². The molecule has 68 valence electrons. The van der Waals surface area contributed by atoms with Gasteiger partial charge in [-0.15, -0.1) is 0 Å². The van der Waals surface area contributed by atoms with Gasteiger partial charge in [-0.1, -0.05) is 22.0 Å². The molecular weight excluding hydrogens is 228 g/mol. The first kappa shape index (κ1) is 8.75. The second kappa shape index (κ2) is 3.50. The van der Waals surface area contributed by atoms with E-state index in [1.54, 1.807) is 0 Å². The van der Waals surface area contributed by atoms with Crippen molar-refractivity contribution in [3.63, 3.8) is 0 Å². The smallest absolute Gasteiger partial charge is 0.0955 e. The Morgan fingerprint density at radius 2 is 2.31 bits per heavy atom. The second-order valence-electron chi connectivity index (χ2n) is 3.12. The van der Waals surface area contributed by atoms with E-state index in [9.17, 15) is 0 Å². The van der Waals surface area contributed by atoms with Gasteiger partial charge in [0, 0.05) is 12.4 Å². The van der Waals surface area contributed by atoms with Gasteiger partial charge in [-0.25, -0.2) is 4.98 Å². The summed E-state index contributed by atoms with van der Waals surface area (Å²) in [6.45, 7) is 0. The molecule has 0 aliphatic rings. The van der Waals surface area contributed by atoms with Crippen LogP contribution in [0.25, 0.3) is 11.0 Å². The van der Waals surface area contributed by atoms with E-state index in [-0.39, 0.29) is 0 Å². The SMILES string of the molecule is Cn1cnc2cc(CCBr)ccc21. The molecule has 0 fully saturated rings. The van der Waals surface area contributed by atoms with Crippen LogP contribution in [0.4, 0.5) is 0 Å². The fraction of sp³-hybridized carbons (Fsp3) is 0.300. The Morgan fingerprint density at radius 1 is 1.46 bits per heavy atom. The number of nitrogens with zero attached hydrogens (tertiary/aromatic N) is 2. The molecule has 2 rings (SSSR count). The lowest BCUT2D eigenvalue weighted by atomic mass is 10.1. The number of imidazole rings is 1. The summed E-state index contributed by atoms with van der Waals surface area (Å²) in [7, 11) is 2.01. The molecule has 0 saturated heterocycles. The van der Waals surface area contributed by atoms with Crippen molar-refractivity contribution in [3.8, 4) is 0 Å². The van der Waals surface area contributed by atoms with Gasteiger partial charge in [0.15, 0.2) is 0 Å². The van der Waals surface area contributed by atoms with Crippen molar-refractivity contribution in [1.82, 2.24) is 9.55 Å². The Morgan fingerprint density at radius 3 is 3.08 bits per heavy atom. The zero-order valence-corrected chi connectivity index (χ0v) is 9.08. The number of aryl methyl sites for hydroxylation is 2. The van der Waals surface area contributed by atoms with Crippen molar-refractivity contribution < 1.29 is 0 Å². The largest absolute Gasteiger partial charge is 0.334 e. The molecule has 0 aliphatic carbocycles. The van der Waals surface area contributed by atoms with E-state index < -0.39 is 0 Å². The lowest BCUT2D eigenvalue weighted by molar-refractivity contribution is 0.947. The maximum atomic E-state index is 4.31. The van der Waals surface area contributed by atoms with Crippen molar-refractivity contribution >= 4 is 27.0 Å². The third-order valence-corrected chi connectivity index (χ3v) is 2.57. The van der Waals surface area contributed by atoms with Gasteiger partial charge in [-0.3, -0.25) is 0 Å². The summed E-state index contributed by atoms with van der Waals surface area (Å²) < 4.78 is 2.03. The van der Waals surface area contributed by atoms with Crippen molar-refractivity contribution in [3.05, 3.63) is 30.1 Å². The number of halogens is 1. The highest BCUT2D eigenvalue weighted by atomic mass is 79.9. The fourth-order valence-electron chi connectivity index (χ4n) is 1.45. The number of rotatable bonds is 2. The van der Waals surface area contributed by atoms with Crippen molar-refractivity contribution in [1.29, 1.82) is 0 Å².